The van der Waals surface area contributed by atoms with Gasteiger partial charge in [0.1, 0.15) is 0 Å². The Morgan fingerprint density at radius 3 is 1.33 bits per heavy atom. The Bertz CT molecular complexity index is 242. The molecule has 0 spiro atoms. The first-order chi connectivity index (χ1) is 7.18. The summed E-state index contributed by atoms with van der Waals surface area (Å²) in [5, 5.41) is 0. The van der Waals surface area contributed by atoms with Gasteiger partial charge in [0.25, 0.3) is 0 Å². The number of hydrogen-bond acceptors (Lipinski definition) is 5. The summed E-state index contributed by atoms with van der Waals surface area (Å²) in [7, 11) is 0. The SMILES string of the molecule is CC(=O)OC(=O)C(C)=O.CC(C)C.NC=O.[Zn].[Zn]. The fourth-order valence-corrected chi connectivity index (χ4v) is 0.202. The van der Waals surface area contributed by atoms with E-state index in [1.165, 1.54) is 0 Å². The molecule has 2 N–H and O–H groups in total. The van der Waals surface area contributed by atoms with Gasteiger partial charge >= 0.3 is 11.9 Å². The molecule has 0 aromatic rings. The number of carbonyl (C=O) groups is 4. The Morgan fingerprint density at radius 1 is 1.06 bits per heavy atom. The van der Waals surface area contributed by atoms with Gasteiger partial charge in [-0.1, -0.05) is 20.8 Å². The number of ether oxygens (including phenoxy) is 1. The molecule has 0 aliphatic rings. The molecule has 0 bridgehead atoms. The maximum Gasteiger partial charge on any atom is 0.381 e. The molecule has 98 valence electrons. The number of esters is 2. The number of Topliss-reactive ketones (excluding diaryl/α,β-unsaturated/α-hetero) is 1. The zero-order valence-corrected chi connectivity index (χ0v) is 17.6. The Balaban J connectivity index is -0.0000000536. The van der Waals surface area contributed by atoms with Crippen molar-refractivity contribution < 1.29 is 62.9 Å². The number of ketones is 1. The van der Waals surface area contributed by atoms with E-state index in [4.69, 9.17) is 4.79 Å². The Hall–Kier alpha value is -0.473. The molecule has 0 atom stereocenters. The van der Waals surface area contributed by atoms with E-state index in [2.05, 4.69) is 31.2 Å². The van der Waals surface area contributed by atoms with Gasteiger partial charge in [0, 0.05) is 52.8 Å². The molecule has 0 aliphatic carbocycles. The average Bonchev–Trinajstić information content (AvgIpc) is 2.02. The van der Waals surface area contributed by atoms with Crippen LogP contribution in [0.25, 0.3) is 0 Å². The molecule has 0 aromatic carbocycles. The van der Waals surface area contributed by atoms with Crippen molar-refractivity contribution in [1.29, 1.82) is 0 Å². The molecule has 0 heterocycles. The summed E-state index contributed by atoms with van der Waals surface area (Å²) in [5.41, 5.74) is 4.17. The van der Waals surface area contributed by atoms with Crippen LogP contribution in [0.4, 0.5) is 0 Å². The second-order valence-corrected chi connectivity index (χ2v) is 3.31. The zero-order valence-electron chi connectivity index (χ0n) is 11.7. The molecule has 1 amide bonds. The monoisotopic (exact) mass is 361 g/mol. The van der Waals surface area contributed by atoms with Crippen LogP contribution in [0.2, 0.25) is 0 Å². The van der Waals surface area contributed by atoms with E-state index in [0.717, 1.165) is 19.8 Å². The third kappa shape index (κ3) is 57.8. The van der Waals surface area contributed by atoms with Crippen molar-refractivity contribution in [3.8, 4) is 0 Å². The van der Waals surface area contributed by atoms with Crippen LogP contribution in [0.5, 0.6) is 0 Å². The van der Waals surface area contributed by atoms with Gasteiger partial charge in [-0.15, -0.1) is 0 Å². The van der Waals surface area contributed by atoms with Crippen molar-refractivity contribution >= 4 is 24.1 Å². The van der Waals surface area contributed by atoms with Crippen LogP contribution >= 0.6 is 0 Å². The molecule has 0 aliphatic heterocycles. The van der Waals surface area contributed by atoms with E-state index in [1.807, 2.05) is 0 Å². The largest absolute Gasteiger partial charge is 0.387 e. The molecule has 0 saturated carbocycles. The normalized spacial score (nSPS) is 6.78. The third-order valence-corrected chi connectivity index (χ3v) is 0.524. The Morgan fingerprint density at radius 2 is 1.28 bits per heavy atom. The number of primary amides is 1. The number of rotatable bonds is 1. The quantitative estimate of drug-likeness (QED) is 0.239. The second kappa shape index (κ2) is 21.8. The van der Waals surface area contributed by atoms with Gasteiger partial charge in [0.05, 0.1) is 0 Å². The molecular weight excluding hydrogens is 345 g/mol. The van der Waals surface area contributed by atoms with Crippen molar-refractivity contribution in [1.82, 2.24) is 0 Å². The van der Waals surface area contributed by atoms with Crippen LogP contribution in [-0.2, 0) is 62.9 Å². The summed E-state index contributed by atoms with van der Waals surface area (Å²) in [6.07, 6.45) is 0.250. The Kier molecular flexibility index (Phi) is 36.9. The van der Waals surface area contributed by atoms with Crippen LogP contribution in [0.3, 0.4) is 0 Å². The van der Waals surface area contributed by atoms with Crippen LogP contribution in [0.1, 0.15) is 34.6 Å². The number of hydrogen-bond donors (Lipinski definition) is 1. The predicted octanol–water partition coefficient (Wildman–Crippen LogP) is 0.424. The smallest absolute Gasteiger partial charge is 0.381 e. The molecule has 8 heteroatoms. The molecule has 0 aromatic heterocycles. The van der Waals surface area contributed by atoms with Crippen molar-refractivity contribution in [2.75, 3.05) is 0 Å². The first-order valence-corrected chi connectivity index (χ1v) is 4.57. The minimum absolute atomic E-state index is 0. The molecular formula is C10H19NO5Zn2. The van der Waals surface area contributed by atoms with E-state index in [-0.39, 0.29) is 45.4 Å². The van der Waals surface area contributed by atoms with Crippen LogP contribution in [0, 0.1) is 5.92 Å². The van der Waals surface area contributed by atoms with E-state index >= 15 is 0 Å². The van der Waals surface area contributed by atoms with E-state index in [9.17, 15) is 14.4 Å². The fraction of sp³-hybridized carbons (Fsp3) is 0.600. The van der Waals surface area contributed by atoms with Gasteiger partial charge in [-0.25, -0.2) is 4.79 Å². The maximum atomic E-state index is 10.2. The summed E-state index contributed by atoms with van der Waals surface area (Å²) >= 11 is 0. The third-order valence-electron chi connectivity index (χ3n) is 0.524. The molecule has 0 fully saturated rings. The number of carbonyl (C=O) groups excluding carboxylic acids is 4. The molecule has 0 saturated heterocycles. The van der Waals surface area contributed by atoms with Gasteiger partial charge < -0.3 is 10.5 Å². The number of amides is 1. The minimum Gasteiger partial charge on any atom is -0.387 e. The van der Waals surface area contributed by atoms with Crippen molar-refractivity contribution in [2.45, 2.75) is 34.6 Å². The maximum absolute atomic E-state index is 10.2. The molecule has 0 rings (SSSR count). The van der Waals surface area contributed by atoms with Gasteiger partial charge in [-0.05, 0) is 5.92 Å². The first kappa shape index (κ1) is 30.5. The zero-order chi connectivity index (χ0) is 13.7. The standard InChI is InChI=1S/C5H6O4.C4H10.CH3NO.2Zn/c1-3(6)5(8)9-4(2)7;1-4(2)3;2-1-3;;/h1-2H3;4H,1-3H3;1H,(H2,2,3);;. The Labute approximate surface area is 133 Å². The minimum atomic E-state index is -1.11. The van der Waals surface area contributed by atoms with Gasteiger partial charge in [0.15, 0.2) is 0 Å². The molecule has 0 unspecified atom stereocenters. The summed E-state index contributed by atoms with van der Waals surface area (Å²) in [6, 6.07) is 0. The van der Waals surface area contributed by atoms with Crippen molar-refractivity contribution in [3.05, 3.63) is 0 Å². The predicted molar refractivity (Wildman–Crippen MR) is 58.2 cm³/mol. The average molecular weight is 364 g/mol. The number of nitrogens with two attached hydrogens (primary N) is 1. The fourth-order valence-electron chi connectivity index (χ4n) is 0.202. The van der Waals surface area contributed by atoms with E-state index in [1.54, 1.807) is 0 Å². The summed E-state index contributed by atoms with van der Waals surface area (Å²) < 4.78 is 3.88. The van der Waals surface area contributed by atoms with Gasteiger partial charge in [-0.2, -0.15) is 0 Å². The summed E-state index contributed by atoms with van der Waals surface area (Å²) in [5.74, 6) is -1.82. The van der Waals surface area contributed by atoms with E-state index in [0.29, 0.717) is 0 Å². The molecule has 18 heavy (non-hydrogen) atoms. The molecule has 0 radical (unpaired) electrons. The van der Waals surface area contributed by atoms with Gasteiger partial charge in [-0.3, -0.25) is 14.4 Å². The van der Waals surface area contributed by atoms with Crippen molar-refractivity contribution in [3.63, 3.8) is 0 Å². The van der Waals surface area contributed by atoms with Gasteiger partial charge in [0.2, 0.25) is 12.2 Å². The van der Waals surface area contributed by atoms with Crippen LogP contribution in [0.15, 0.2) is 0 Å². The van der Waals surface area contributed by atoms with Crippen LogP contribution < -0.4 is 5.73 Å². The second-order valence-electron chi connectivity index (χ2n) is 3.31. The summed E-state index contributed by atoms with van der Waals surface area (Å²) in [6.45, 7) is 8.59. The topological polar surface area (TPSA) is 104 Å². The molecule has 6 nitrogen and oxygen atoms in total. The van der Waals surface area contributed by atoms with Crippen molar-refractivity contribution in [2.24, 2.45) is 11.7 Å². The first-order valence-electron chi connectivity index (χ1n) is 4.57. The van der Waals surface area contributed by atoms with E-state index < -0.39 is 17.7 Å². The van der Waals surface area contributed by atoms with Crippen LogP contribution in [-0.4, -0.2) is 24.1 Å². The summed E-state index contributed by atoms with van der Waals surface area (Å²) in [4.78, 5) is 38.8.